The molecule has 0 aliphatic heterocycles. The predicted molar refractivity (Wildman–Crippen MR) is 118 cm³/mol. The van der Waals surface area contributed by atoms with Crippen molar-refractivity contribution in [3.63, 3.8) is 0 Å². The Morgan fingerprint density at radius 3 is 2.19 bits per heavy atom. The highest BCUT2D eigenvalue weighted by Gasteiger charge is 2.28. The number of amides is 1. The van der Waals surface area contributed by atoms with Crippen molar-refractivity contribution < 1.29 is 14.6 Å². The van der Waals surface area contributed by atoms with E-state index in [1.54, 1.807) is 31.2 Å². The number of nitro benzene ring substituents is 2. The number of rotatable bonds is 7. The molecular formula is C21H17ClN4O5. The van der Waals surface area contributed by atoms with E-state index < -0.39 is 33.2 Å². The number of benzene rings is 3. The second kappa shape index (κ2) is 9.23. The molecule has 0 spiro atoms. The summed E-state index contributed by atoms with van der Waals surface area (Å²) in [6.45, 7) is 1.77. The van der Waals surface area contributed by atoms with Crippen molar-refractivity contribution >= 4 is 40.3 Å². The largest absolute Gasteiger partial charge is 0.372 e. The lowest BCUT2D eigenvalue weighted by atomic mass is 10.0. The van der Waals surface area contributed by atoms with Crippen LogP contribution in [0.1, 0.15) is 28.9 Å². The second-order valence-electron chi connectivity index (χ2n) is 6.64. The molecule has 1 amide bonds. The zero-order chi connectivity index (χ0) is 22.5. The Balaban J connectivity index is 2.07. The second-order valence-corrected chi connectivity index (χ2v) is 7.08. The van der Waals surface area contributed by atoms with Crippen molar-refractivity contribution in [1.82, 2.24) is 0 Å². The van der Waals surface area contributed by atoms with Gasteiger partial charge in [0.1, 0.15) is 5.69 Å². The van der Waals surface area contributed by atoms with Gasteiger partial charge in [0, 0.05) is 22.8 Å². The summed E-state index contributed by atoms with van der Waals surface area (Å²) in [4.78, 5) is 34.4. The number of carbonyl (C=O) groups is 1. The summed E-state index contributed by atoms with van der Waals surface area (Å²) in [7, 11) is 0. The number of nitrogens with zero attached hydrogens (tertiary/aromatic N) is 2. The molecular weight excluding hydrogens is 424 g/mol. The molecule has 31 heavy (non-hydrogen) atoms. The minimum absolute atomic E-state index is 0.113. The molecule has 0 radical (unpaired) electrons. The highest BCUT2D eigenvalue weighted by Crippen LogP contribution is 2.36. The van der Waals surface area contributed by atoms with Crippen molar-refractivity contribution in [1.29, 1.82) is 0 Å². The number of hydrogen-bond donors (Lipinski definition) is 2. The molecule has 3 rings (SSSR count). The molecule has 0 aromatic heterocycles. The summed E-state index contributed by atoms with van der Waals surface area (Å²) in [6.07, 6.45) is 0. The van der Waals surface area contributed by atoms with E-state index in [9.17, 15) is 25.0 Å². The van der Waals surface area contributed by atoms with E-state index in [2.05, 4.69) is 10.6 Å². The molecule has 0 saturated heterocycles. The molecule has 2 N–H and O–H groups in total. The van der Waals surface area contributed by atoms with Crippen LogP contribution in [0.3, 0.4) is 0 Å². The van der Waals surface area contributed by atoms with Crippen LogP contribution in [-0.2, 0) is 0 Å². The van der Waals surface area contributed by atoms with Crippen molar-refractivity contribution in [3.8, 4) is 0 Å². The topological polar surface area (TPSA) is 127 Å². The summed E-state index contributed by atoms with van der Waals surface area (Å²) in [6, 6.07) is 16.7. The van der Waals surface area contributed by atoms with Crippen molar-refractivity contribution in [3.05, 3.63) is 103 Å². The van der Waals surface area contributed by atoms with Gasteiger partial charge in [0.15, 0.2) is 0 Å². The fraction of sp³-hybridized carbons (Fsp3) is 0.0952. The van der Waals surface area contributed by atoms with E-state index in [0.29, 0.717) is 10.7 Å². The average molecular weight is 441 g/mol. The maximum Gasteiger partial charge on any atom is 0.300 e. The number of nitrogens with one attached hydrogen (secondary N) is 2. The van der Waals surface area contributed by atoms with Gasteiger partial charge in [-0.05, 0) is 36.8 Å². The Labute approximate surface area is 182 Å². The normalized spacial score (nSPS) is 11.4. The first-order valence-electron chi connectivity index (χ1n) is 9.11. The zero-order valence-electron chi connectivity index (χ0n) is 16.2. The molecule has 3 aromatic carbocycles. The summed E-state index contributed by atoms with van der Waals surface area (Å²) in [5.41, 5.74) is -0.272. The van der Waals surface area contributed by atoms with Crippen LogP contribution in [-0.4, -0.2) is 15.8 Å². The maximum atomic E-state index is 13.0. The molecule has 3 aromatic rings. The standard InChI is InChI=1S/C21H17ClN4O5/c1-13(14-5-3-2-4-6-14)23-20-18(11-17(25(28)29)12-19(20)26(30)31)21(27)24-16-9-7-15(22)8-10-16/h2-13,23H,1H3,(H,24,27)/t13-/m0/s1. The maximum absolute atomic E-state index is 13.0. The van der Waals surface area contributed by atoms with E-state index in [1.807, 2.05) is 30.3 Å². The van der Waals surface area contributed by atoms with Gasteiger partial charge < -0.3 is 10.6 Å². The van der Waals surface area contributed by atoms with Gasteiger partial charge in [0.2, 0.25) is 0 Å². The molecule has 10 heteroatoms. The molecule has 0 aliphatic carbocycles. The van der Waals surface area contributed by atoms with Crippen LogP contribution in [0.25, 0.3) is 0 Å². The molecule has 0 bridgehead atoms. The number of hydrogen-bond acceptors (Lipinski definition) is 6. The Morgan fingerprint density at radius 2 is 1.61 bits per heavy atom. The van der Waals surface area contributed by atoms with Gasteiger partial charge in [-0.15, -0.1) is 0 Å². The lowest BCUT2D eigenvalue weighted by Crippen LogP contribution is -2.18. The Kier molecular flexibility index (Phi) is 6.46. The van der Waals surface area contributed by atoms with E-state index >= 15 is 0 Å². The first-order valence-corrected chi connectivity index (χ1v) is 9.49. The van der Waals surface area contributed by atoms with Gasteiger partial charge in [-0.2, -0.15) is 0 Å². The van der Waals surface area contributed by atoms with E-state index in [-0.39, 0.29) is 11.3 Å². The van der Waals surface area contributed by atoms with Gasteiger partial charge in [0.25, 0.3) is 17.3 Å². The third kappa shape index (κ3) is 5.14. The van der Waals surface area contributed by atoms with Crippen LogP contribution in [0.5, 0.6) is 0 Å². The highest BCUT2D eigenvalue weighted by molar-refractivity contribution is 6.30. The average Bonchev–Trinajstić information content (AvgIpc) is 2.75. The lowest BCUT2D eigenvalue weighted by molar-refractivity contribution is -0.393. The zero-order valence-corrected chi connectivity index (χ0v) is 17.0. The monoisotopic (exact) mass is 440 g/mol. The Hall–Kier alpha value is -3.98. The van der Waals surface area contributed by atoms with Gasteiger partial charge in [-0.25, -0.2) is 0 Å². The number of carbonyl (C=O) groups excluding carboxylic acids is 1. The number of halogens is 1. The van der Waals surface area contributed by atoms with Gasteiger partial charge in [0.05, 0.1) is 21.5 Å². The summed E-state index contributed by atoms with van der Waals surface area (Å²) < 4.78 is 0. The number of nitro groups is 2. The quantitative estimate of drug-likeness (QED) is 0.364. The molecule has 9 nitrogen and oxygen atoms in total. The predicted octanol–water partition coefficient (Wildman–Crippen LogP) is 5.58. The van der Waals surface area contributed by atoms with Crippen LogP contribution in [0, 0.1) is 20.2 Å². The number of anilines is 2. The van der Waals surface area contributed by atoms with Gasteiger partial charge >= 0.3 is 0 Å². The van der Waals surface area contributed by atoms with E-state index in [4.69, 9.17) is 11.6 Å². The molecule has 1 atom stereocenters. The summed E-state index contributed by atoms with van der Waals surface area (Å²) in [5, 5.41) is 29.0. The molecule has 158 valence electrons. The summed E-state index contributed by atoms with van der Waals surface area (Å²) in [5.74, 6) is -0.739. The SMILES string of the molecule is C[C@H](Nc1c(C(=O)Nc2ccc(Cl)cc2)cc([N+](=O)[O-])cc1[N+](=O)[O-])c1ccccc1. The Morgan fingerprint density at radius 1 is 0.968 bits per heavy atom. The third-order valence-electron chi connectivity index (χ3n) is 4.52. The third-order valence-corrected chi connectivity index (χ3v) is 4.77. The minimum Gasteiger partial charge on any atom is -0.372 e. The minimum atomic E-state index is -0.781. The summed E-state index contributed by atoms with van der Waals surface area (Å²) >= 11 is 5.84. The van der Waals surface area contributed by atoms with Gasteiger partial charge in [-0.3, -0.25) is 25.0 Å². The lowest BCUT2D eigenvalue weighted by Gasteiger charge is -2.18. The molecule has 0 unspecified atom stereocenters. The van der Waals surface area contributed by atoms with Crippen LogP contribution < -0.4 is 10.6 Å². The molecule has 0 fully saturated rings. The van der Waals surface area contributed by atoms with Crippen molar-refractivity contribution in [2.24, 2.45) is 0 Å². The fourth-order valence-electron chi connectivity index (χ4n) is 2.97. The van der Waals surface area contributed by atoms with Crippen LogP contribution >= 0.6 is 11.6 Å². The smallest absolute Gasteiger partial charge is 0.300 e. The van der Waals surface area contributed by atoms with Crippen molar-refractivity contribution in [2.45, 2.75) is 13.0 Å². The van der Waals surface area contributed by atoms with Gasteiger partial charge in [-0.1, -0.05) is 41.9 Å². The van der Waals surface area contributed by atoms with Crippen molar-refractivity contribution in [2.75, 3.05) is 10.6 Å². The first kappa shape index (κ1) is 21.7. The van der Waals surface area contributed by atoms with E-state index in [1.165, 1.54) is 0 Å². The van der Waals surface area contributed by atoms with Crippen LogP contribution in [0.4, 0.5) is 22.7 Å². The fourth-order valence-corrected chi connectivity index (χ4v) is 3.09. The number of non-ortho nitro benzene ring substituents is 1. The first-order chi connectivity index (χ1) is 14.8. The molecule has 0 saturated carbocycles. The van der Waals surface area contributed by atoms with Crippen LogP contribution in [0.15, 0.2) is 66.7 Å². The molecule has 0 heterocycles. The van der Waals surface area contributed by atoms with Crippen LogP contribution in [0.2, 0.25) is 5.02 Å². The molecule has 0 aliphatic rings. The highest BCUT2D eigenvalue weighted by atomic mass is 35.5. The Bertz CT molecular complexity index is 1140. The van der Waals surface area contributed by atoms with E-state index in [0.717, 1.165) is 17.7 Å².